The van der Waals surface area contributed by atoms with E-state index in [2.05, 4.69) is 42.7 Å². The van der Waals surface area contributed by atoms with Gasteiger partial charge < -0.3 is 34.9 Å². The van der Waals surface area contributed by atoms with E-state index < -0.39 is 5.97 Å². The van der Waals surface area contributed by atoms with Crippen molar-refractivity contribution in [2.45, 2.75) is 32.7 Å². The van der Waals surface area contributed by atoms with Crippen LogP contribution in [0.4, 0.5) is 4.79 Å². The van der Waals surface area contributed by atoms with Gasteiger partial charge in [-0.25, -0.2) is 9.59 Å². The molecule has 0 bridgehead atoms. The zero-order chi connectivity index (χ0) is 28.9. The Morgan fingerprint density at radius 3 is 2.68 bits per heavy atom. The second-order valence-corrected chi connectivity index (χ2v) is 10.3. The molecule has 214 valence electrons. The minimum atomic E-state index is -0.959. The fourth-order valence-electron chi connectivity index (χ4n) is 5.42. The fourth-order valence-corrected chi connectivity index (χ4v) is 5.42. The van der Waals surface area contributed by atoms with Crippen LogP contribution in [0.2, 0.25) is 0 Å². The molecule has 0 saturated carbocycles. The first-order valence-electron chi connectivity index (χ1n) is 13.7. The molecule has 2 heterocycles. The molecule has 0 spiro atoms. The summed E-state index contributed by atoms with van der Waals surface area (Å²) in [6, 6.07) is 16.7. The summed E-state index contributed by atoms with van der Waals surface area (Å²) >= 11 is 0. The third kappa shape index (κ3) is 6.24. The van der Waals surface area contributed by atoms with Crippen molar-refractivity contribution in [1.82, 2.24) is 15.5 Å². The first-order valence-corrected chi connectivity index (χ1v) is 13.7. The maximum atomic E-state index is 13.6. The molecule has 0 radical (unpaired) electrons. The summed E-state index contributed by atoms with van der Waals surface area (Å²) in [6.07, 6.45) is 2.83. The largest absolute Gasteiger partial charge is 0.493 e. The summed E-state index contributed by atoms with van der Waals surface area (Å²) in [5, 5.41) is 15.4. The average Bonchev–Trinajstić information content (AvgIpc) is 3.49. The topological polar surface area (TPSA) is 109 Å². The number of carboxylic acid groups (broad SMARTS) is 1. The second kappa shape index (κ2) is 12.2. The lowest BCUT2D eigenvalue weighted by atomic mass is 9.85. The van der Waals surface area contributed by atoms with E-state index in [1.54, 1.807) is 31.6 Å². The maximum absolute atomic E-state index is 13.6. The molecule has 2 aliphatic heterocycles. The van der Waals surface area contributed by atoms with Crippen LogP contribution in [0.5, 0.6) is 11.5 Å². The summed E-state index contributed by atoms with van der Waals surface area (Å²) in [5.41, 5.74) is 7.35. The number of amides is 2. The molecule has 3 aromatic rings. The molecule has 5 rings (SSSR count). The van der Waals surface area contributed by atoms with Gasteiger partial charge in [0.05, 0.1) is 37.6 Å². The molecule has 9 heteroatoms. The number of carbonyl (C=O) groups is 2. The number of fused-ring (bicyclic) bond motifs is 1. The van der Waals surface area contributed by atoms with E-state index in [1.807, 2.05) is 23.1 Å². The highest BCUT2D eigenvalue weighted by Gasteiger charge is 2.34. The summed E-state index contributed by atoms with van der Waals surface area (Å²) in [5.74, 6) is 0.245. The fraction of sp³-hybridized carbons (Fsp3) is 0.312. The van der Waals surface area contributed by atoms with E-state index in [0.717, 1.165) is 39.1 Å². The molecule has 3 N–H and O–H groups in total. The molecule has 3 aromatic carbocycles. The lowest BCUT2D eigenvalue weighted by Gasteiger charge is -2.39. The molecular weight excluding hydrogens is 522 g/mol. The Morgan fingerprint density at radius 1 is 1.10 bits per heavy atom. The minimum Gasteiger partial charge on any atom is -0.493 e. The normalized spacial score (nSPS) is 15.7. The van der Waals surface area contributed by atoms with Crippen LogP contribution >= 0.6 is 0 Å². The van der Waals surface area contributed by atoms with Crippen LogP contribution in [-0.2, 0) is 17.6 Å². The predicted octanol–water partition coefficient (Wildman–Crippen LogP) is 4.71. The molecule has 1 unspecified atom stereocenters. The molecule has 41 heavy (non-hydrogen) atoms. The number of aromatic carboxylic acids is 1. The zero-order valence-corrected chi connectivity index (χ0v) is 23.5. The van der Waals surface area contributed by atoms with E-state index >= 15 is 0 Å². The van der Waals surface area contributed by atoms with Gasteiger partial charge in [0.15, 0.2) is 18.2 Å². The molecule has 0 aromatic heterocycles. The SMILES string of the molecule is COc1cc2c(cc1OCCc1cccc(C(=O)O)c1)C(c1ccc(C)cc1C)N(C(=O)NCC1=COCN1)CC2. The number of hydrogen-bond donors (Lipinski definition) is 3. The summed E-state index contributed by atoms with van der Waals surface area (Å²) in [7, 11) is 1.62. The Kier molecular flexibility index (Phi) is 8.33. The smallest absolute Gasteiger partial charge is 0.335 e. The van der Waals surface area contributed by atoms with Crippen LogP contribution < -0.4 is 20.1 Å². The van der Waals surface area contributed by atoms with Crippen molar-refractivity contribution in [3.63, 3.8) is 0 Å². The van der Waals surface area contributed by atoms with Crippen molar-refractivity contribution in [2.75, 3.05) is 33.5 Å². The van der Waals surface area contributed by atoms with Gasteiger partial charge in [-0.2, -0.15) is 0 Å². The third-order valence-corrected chi connectivity index (χ3v) is 7.49. The number of methoxy groups -OCH3 is 1. The highest BCUT2D eigenvalue weighted by Crippen LogP contribution is 2.42. The molecule has 2 amide bonds. The van der Waals surface area contributed by atoms with E-state index in [1.165, 1.54) is 0 Å². The number of urea groups is 1. The third-order valence-electron chi connectivity index (χ3n) is 7.49. The number of ether oxygens (including phenoxy) is 3. The standard InChI is InChI=1S/C32H35N3O6/c1-20-7-8-26(21(2)13-20)30-27-16-29(41-12-10-22-5-4-6-24(14-22)31(36)37)28(39-3)15-23(27)9-11-35(30)32(38)33-17-25-18-40-19-34-25/h4-8,13-16,18,30,34H,9-12,17,19H2,1-3H3,(H,33,38)(H,36,37). The predicted molar refractivity (Wildman–Crippen MR) is 154 cm³/mol. The molecule has 0 aliphatic carbocycles. The van der Waals surface area contributed by atoms with E-state index in [-0.39, 0.29) is 17.6 Å². The highest BCUT2D eigenvalue weighted by molar-refractivity contribution is 5.87. The van der Waals surface area contributed by atoms with Crippen molar-refractivity contribution in [3.8, 4) is 11.5 Å². The van der Waals surface area contributed by atoms with Crippen molar-refractivity contribution >= 4 is 12.0 Å². The number of carbonyl (C=O) groups excluding carboxylic acids is 1. The Morgan fingerprint density at radius 2 is 1.95 bits per heavy atom. The quantitative estimate of drug-likeness (QED) is 0.350. The molecule has 1 atom stereocenters. The number of hydrogen-bond acceptors (Lipinski definition) is 6. The van der Waals surface area contributed by atoms with Crippen molar-refractivity contribution in [2.24, 2.45) is 0 Å². The molecular formula is C32H35N3O6. The summed E-state index contributed by atoms with van der Waals surface area (Å²) in [6.45, 7) is 5.77. The molecule has 0 fully saturated rings. The second-order valence-electron chi connectivity index (χ2n) is 10.3. The van der Waals surface area contributed by atoms with E-state index in [9.17, 15) is 14.7 Å². The molecule has 0 saturated heterocycles. The van der Waals surface area contributed by atoms with Gasteiger partial charge in [-0.1, -0.05) is 35.9 Å². The Bertz CT molecular complexity index is 1480. The Hall–Kier alpha value is -4.66. The highest BCUT2D eigenvalue weighted by atomic mass is 16.5. The monoisotopic (exact) mass is 557 g/mol. The van der Waals surface area contributed by atoms with Gasteiger partial charge in [0.2, 0.25) is 0 Å². The first-order chi connectivity index (χ1) is 19.8. The minimum absolute atomic E-state index is 0.160. The number of aryl methyl sites for hydroxylation is 2. The Balaban J connectivity index is 1.44. The number of carboxylic acids is 1. The van der Waals surface area contributed by atoms with Crippen LogP contribution in [0.25, 0.3) is 0 Å². The average molecular weight is 558 g/mol. The number of rotatable bonds is 9. The van der Waals surface area contributed by atoms with Crippen LogP contribution in [0.1, 0.15) is 49.8 Å². The van der Waals surface area contributed by atoms with Crippen LogP contribution in [0.3, 0.4) is 0 Å². The summed E-state index contributed by atoms with van der Waals surface area (Å²) < 4.78 is 17.1. The van der Waals surface area contributed by atoms with Gasteiger partial charge in [-0.3, -0.25) is 0 Å². The van der Waals surface area contributed by atoms with Gasteiger partial charge in [0.1, 0.15) is 6.26 Å². The van der Waals surface area contributed by atoms with Gasteiger partial charge in [-0.15, -0.1) is 0 Å². The zero-order valence-electron chi connectivity index (χ0n) is 23.5. The van der Waals surface area contributed by atoms with Crippen LogP contribution in [-0.4, -0.2) is 55.5 Å². The van der Waals surface area contributed by atoms with Crippen LogP contribution in [0, 0.1) is 13.8 Å². The van der Waals surface area contributed by atoms with E-state index in [0.29, 0.717) is 50.8 Å². The molecule has 9 nitrogen and oxygen atoms in total. The van der Waals surface area contributed by atoms with Crippen LogP contribution in [0.15, 0.2) is 66.6 Å². The molecule has 2 aliphatic rings. The van der Waals surface area contributed by atoms with Gasteiger partial charge >= 0.3 is 12.0 Å². The van der Waals surface area contributed by atoms with Gasteiger partial charge in [0, 0.05) is 13.0 Å². The van der Waals surface area contributed by atoms with Crippen molar-refractivity contribution in [3.05, 3.63) is 106 Å². The summed E-state index contributed by atoms with van der Waals surface area (Å²) in [4.78, 5) is 26.8. The van der Waals surface area contributed by atoms with Crippen molar-refractivity contribution < 1.29 is 28.9 Å². The first kappa shape index (κ1) is 27.9. The van der Waals surface area contributed by atoms with Gasteiger partial charge in [-0.05, 0) is 72.4 Å². The van der Waals surface area contributed by atoms with E-state index in [4.69, 9.17) is 14.2 Å². The number of nitrogens with one attached hydrogen (secondary N) is 2. The lowest BCUT2D eigenvalue weighted by molar-refractivity contribution is 0.0696. The number of benzene rings is 3. The lowest BCUT2D eigenvalue weighted by Crippen LogP contribution is -2.47. The Labute approximate surface area is 239 Å². The number of nitrogens with zero attached hydrogens (tertiary/aromatic N) is 1. The van der Waals surface area contributed by atoms with Crippen molar-refractivity contribution in [1.29, 1.82) is 0 Å². The van der Waals surface area contributed by atoms with Gasteiger partial charge in [0.25, 0.3) is 0 Å². The maximum Gasteiger partial charge on any atom is 0.335 e.